The van der Waals surface area contributed by atoms with Gasteiger partial charge in [0.1, 0.15) is 0 Å². The molecule has 4 nitrogen and oxygen atoms in total. The van der Waals surface area contributed by atoms with Gasteiger partial charge in [-0.15, -0.1) is 0 Å². The highest BCUT2D eigenvalue weighted by molar-refractivity contribution is 5.87. The molecule has 0 bridgehead atoms. The molecule has 2 N–H and O–H groups in total. The van der Waals surface area contributed by atoms with Crippen molar-refractivity contribution >= 4 is 5.97 Å². The third-order valence-electron chi connectivity index (χ3n) is 4.02. The molecule has 1 unspecified atom stereocenters. The predicted molar refractivity (Wildman–Crippen MR) is 84.5 cm³/mol. The van der Waals surface area contributed by atoms with Crippen molar-refractivity contribution in [2.75, 3.05) is 19.6 Å². The van der Waals surface area contributed by atoms with Crippen LogP contribution in [-0.2, 0) is 6.54 Å². The van der Waals surface area contributed by atoms with E-state index in [4.69, 9.17) is 5.11 Å². The molecule has 0 spiro atoms. The van der Waals surface area contributed by atoms with Gasteiger partial charge in [0.05, 0.1) is 5.56 Å². The van der Waals surface area contributed by atoms with E-state index in [9.17, 15) is 4.79 Å². The smallest absolute Gasteiger partial charge is 0.335 e. The van der Waals surface area contributed by atoms with Crippen molar-refractivity contribution in [2.45, 2.75) is 39.3 Å². The minimum absolute atomic E-state index is 0.358. The predicted octanol–water partition coefficient (Wildman–Crippen LogP) is 2.59. The molecule has 1 fully saturated rings. The third kappa shape index (κ3) is 5.14. The Balaban J connectivity index is 1.85. The summed E-state index contributed by atoms with van der Waals surface area (Å²) < 4.78 is 0. The molecule has 0 saturated carbocycles. The van der Waals surface area contributed by atoms with Crippen LogP contribution in [-0.4, -0.2) is 41.7 Å². The van der Waals surface area contributed by atoms with E-state index < -0.39 is 5.97 Å². The van der Waals surface area contributed by atoms with E-state index in [-0.39, 0.29) is 0 Å². The van der Waals surface area contributed by atoms with Crippen molar-refractivity contribution in [1.82, 2.24) is 10.2 Å². The molecular formula is C17H26N2O2. The Morgan fingerprint density at radius 2 is 2.10 bits per heavy atom. The molecule has 116 valence electrons. The van der Waals surface area contributed by atoms with Gasteiger partial charge >= 0.3 is 5.97 Å². The van der Waals surface area contributed by atoms with Crippen molar-refractivity contribution in [3.05, 3.63) is 35.4 Å². The maximum Gasteiger partial charge on any atom is 0.335 e. The molecule has 1 heterocycles. The Morgan fingerprint density at radius 1 is 1.38 bits per heavy atom. The number of nitrogens with one attached hydrogen (secondary N) is 1. The SMILES string of the molecule is CC(C)NCC1CCCN(Cc2ccc(C(=O)O)cc2)C1. The van der Waals surface area contributed by atoms with E-state index in [0.29, 0.717) is 11.6 Å². The second-order valence-electron chi connectivity index (χ2n) is 6.31. The van der Waals surface area contributed by atoms with Crippen LogP contribution in [0.15, 0.2) is 24.3 Å². The fourth-order valence-corrected chi connectivity index (χ4v) is 2.87. The number of carboxylic acids is 1. The average molecular weight is 290 g/mol. The van der Waals surface area contributed by atoms with Gasteiger partial charge in [0, 0.05) is 19.1 Å². The lowest BCUT2D eigenvalue weighted by Gasteiger charge is -2.33. The number of rotatable bonds is 6. The third-order valence-corrected chi connectivity index (χ3v) is 4.02. The average Bonchev–Trinajstić information content (AvgIpc) is 2.46. The second-order valence-corrected chi connectivity index (χ2v) is 6.31. The number of nitrogens with zero attached hydrogens (tertiary/aromatic N) is 1. The van der Waals surface area contributed by atoms with Crippen molar-refractivity contribution in [2.24, 2.45) is 5.92 Å². The lowest BCUT2D eigenvalue weighted by molar-refractivity contribution is 0.0697. The van der Waals surface area contributed by atoms with Gasteiger partial charge in [-0.1, -0.05) is 26.0 Å². The summed E-state index contributed by atoms with van der Waals surface area (Å²) in [6.07, 6.45) is 2.55. The highest BCUT2D eigenvalue weighted by Gasteiger charge is 2.19. The van der Waals surface area contributed by atoms with E-state index in [1.165, 1.54) is 18.4 Å². The number of carbonyl (C=O) groups is 1. The molecule has 1 aliphatic heterocycles. The Morgan fingerprint density at radius 3 is 2.71 bits per heavy atom. The first-order valence-electron chi connectivity index (χ1n) is 7.82. The standard InChI is InChI=1S/C17H26N2O2/c1-13(2)18-10-15-4-3-9-19(12-15)11-14-5-7-16(8-6-14)17(20)21/h5-8,13,15,18H,3-4,9-12H2,1-2H3,(H,20,21). The topological polar surface area (TPSA) is 52.6 Å². The molecule has 0 radical (unpaired) electrons. The zero-order valence-corrected chi connectivity index (χ0v) is 13.0. The van der Waals surface area contributed by atoms with Crippen LogP contribution in [0.4, 0.5) is 0 Å². The van der Waals surface area contributed by atoms with Gasteiger partial charge in [-0.2, -0.15) is 0 Å². The molecule has 1 aromatic rings. The molecule has 1 aromatic carbocycles. The van der Waals surface area contributed by atoms with Crippen molar-refractivity contribution in [3.63, 3.8) is 0 Å². The number of hydrogen-bond donors (Lipinski definition) is 2. The summed E-state index contributed by atoms with van der Waals surface area (Å²) >= 11 is 0. The van der Waals surface area contributed by atoms with Crippen LogP contribution in [0.2, 0.25) is 0 Å². The van der Waals surface area contributed by atoms with Crippen LogP contribution in [0.25, 0.3) is 0 Å². The fourth-order valence-electron chi connectivity index (χ4n) is 2.87. The molecular weight excluding hydrogens is 264 g/mol. The summed E-state index contributed by atoms with van der Waals surface area (Å²) in [6, 6.07) is 7.79. The van der Waals surface area contributed by atoms with Crippen molar-refractivity contribution in [1.29, 1.82) is 0 Å². The van der Waals surface area contributed by atoms with Crippen LogP contribution in [0, 0.1) is 5.92 Å². The summed E-state index contributed by atoms with van der Waals surface area (Å²) in [5.74, 6) is -0.140. The van der Waals surface area contributed by atoms with Crippen LogP contribution >= 0.6 is 0 Å². The number of aromatic carboxylic acids is 1. The van der Waals surface area contributed by atoms with Crippen molar-refractivity contribution < 1.29 is 9.90 Å². The Kier molecular flexibility index (Phi) is 5.76. The molecule has 1 atom stereocenters. The maximum absolute atomic E-state index is 10.9. The fraction of sp³-hybridized carbons (Fsp3) is 0.588. The van der Waals surface area contributed by atoms with Gasteiger partial charge in [-0.05, 0) is 49.5 Å². The lowest BCUT2D eigenvalue weighted by Crippen LogP contribution is -2.40. The number of benzene rings is 1. The maximum atomic E-state index is 10.9. The van der Waals surface area contributed by atoms with E-state index in [1.54, 1.807) is 12.1 Å². The normalized spacial score (nSPS) is 19.9. The Labute approximate surface area is 127 Å². The first-order valence-corrected chi connectivity index (χ1v) is 7.82. The number of carboxylic acid groups (broad SMARTS) is 1. The molecule has 0 amide bonds. The van der Waals surface area contributed by atoms with Gasteiger partial charge in [0.25, 0.3) is 0 Å². The lowest BCUT2D eigenvalue weighted by atomic mass is 9.97. The Hall–Kier alpha value is -1.39. The van der Waals surface area contributed by atoms with E-state index in [1.807, 2.05) is 12.1 Å². The van der Waals surface area contributed by atoms with Gasteiger partial charge in [0.2, 0.25) is 0 Å². The summed E-state index contributed by atoms with van der Waals surface area (Å²) in [4.78, 5) is 13.3. The zero-order chi connectivity index (χ0) is 15.2. The van der Waals surface area contributed by atoms with E-state index >= 15 is 0 Å². The summed E-state index contributed by atoms with van der Waals surface area (Å²) in [6.45, 7) is 8.64. The first-order chi connectivity index (χ1) is 10.0. The molecule has 21 heavy (non-hydrogen) atoms. The number of likely N-dealkylation sites (tertiary alicyclic amines) is 1. The van der Waals surface area contributed by atoms with E-state index in [2.05, 4.69) is 24.1 Å². The molecule has 0 aliphatic carbocycles. The molecule has 0 aromatic heterocycles. The highest BCUT2D eigenvalue weighted by atomic mass is 16.4. The van der Waals surface area contributed by atoms with Crippen LogP contribution in [0.5, 0.6) is 0 Å². The summed E-state index contributed by atoms with van der Waals surface area (Å²) in [5, 5.41) is 12.4. The highest BCUT2D eigenvalue weighted by Crippen LogP contribution is 2.18. The second kappa shape index (κ2) is 7.57. The number of hydrogen-bond acceptors (Lipinski definition) is 3. The van der Waals surface area contributed by atoms with Crippen LogP contribution < -0.4 is 5.32 Å². The Bertz CT molecular complexity index is 456. The molecule has 2 rings (SSSR count). The summed E-state index contributed by atoms with van der Waals surface area (Å²) in [7, 11) is 0. The van der Waals surface area contributed by atoms with Crippen LogP contribution in [0.3, 0.4) is 0 Å². The summed E-state index contributed by atoms with van der Waals surface area (Å²) in [5.41, 5.74) is 1.55. The quantitative estimate of drug-likeness (QED) is 0.845. The minimum atomic E-state index is -0.862. The zero-order valence-electron chi connectivity index (χ0n) is 13.0. The first kappa shape index (κ1) is 16.0. The largest absolute Gasteiger partial charge is 0.478 e. The van der Waals surface area contributed by atoms with Gasteiger partial charge < -0.3 is 10.4 Å². The van der Waals surface area contributed by atoms with E-state index in [0.717, 1.165) is 32.1 Å². The van der Waals surface area contributed by atoms with Gasteiger partial charge in [0.15, 0.2) is 0 Å². The number of piperidine rings is 1. The molecule has 1 aliphatic rings. The van der Waals surface area contributed by atoms with Crippen LogP contribution in [0.1, 0.15) is 42.6 Å². The van der Waals surface area contributed by atoms with Crippen molar-refractivity contribution in [3.8, 4) is 0 Å². The minimum Gasteiger partial charge on any atom is -0.478 e. The monoisotopic (exact) mass is 290 g/mol. The molecule has 4 heteroatoms. The van der Waals surface area contributed by atoms with Gasteiger partial charge in [-0.25, -0.2) is 4.79 Å². The van der Waals surface area contributed by atoms with Gasteiger partial charge in [-0.3, -0.25) is 4.90 Å². The molecule has 1 saturated heterocycles.